The molecule has 5 N–H and O–H groups in total. The van der Waals surface area contributed by atoms with Gasteiger partial charge in [-0.05, 0) is 18.9 Å². The summed E-state index contributed by atoms with van der Waals surface area (Å²) in [5, 5.41) is 17.8. The monoisotopic (exact) mass is 440 g/mol. The molecule has 0 aliphatic carbocycles. The highest BCUT2D eigenvalue weighted by Gasteiger charge is 2.30. The highest BCUT2D eigenvalue weighted by molar-refractivity contribution is 7.86. The Morgan fingerprint density at radius 1 is 1.33 bits per heavy atom. The standard InChI is InChI=1S/C17H24N6O6S/c1-11-19-8-13(29-11)9-20-14-2-5-18-10-15(14)22-16(30(26,27)28)21-12-3-6-23(7-4-12)17(24)25/h2,5,8,10,12,16,21-22H,3-4,6-7,9H2,1H3,(H,18,20)(H,24,25)(H,26,27,28). The van der Waals surface area contributed by atoms with E-state index < -0.39 is 21.7 Å². The summed E-state index contributed by atoms with van der Waals surface area (Å²) in [5.41, 5.74) is -0.585. The van der Waals surface area contributed by atoms with Gasteiger partial charge in [-0.3, -0.25) is 14.9 Å². The van der Waals surface area contributed by atoms with Crippen LogP contribution in [0.1, 0.15) is 24.5 Å². The molecule has 0 spiro atoms. The first-order valence-corrected chi connectivity index (χ1v) is 10.8. The van der Waals surface area contributed by atoms with Crippen LogP contribution in [0.15, 0.2) is 29.1 Å². The van der Waals surface area contributed by atoms with Gasteiger partial charge in [0.1, 0.15) is 5.76 Å². The van der Waals surface area contributed by atoms with Gasteiger partial charge in [-0.1, -0.05) is 0 Å². The Morgan fingerprint density at radius 2 is 2.07 bits per heavy atom. The van der Waals surface area contributed by atoms with Gasteiger partial charge in [-0.2, -0.15) is 8.42 Å². The van der Waals surface area contributed by atoms with Crippen LogP contribution in [0.2, 0.25) is 0 Å². The quantitative estimate of drug-likeness (QED) is 0.296. The topological polar surface area (TPSA) is 170 Å². The van der Waals surface area contributed by atoms with E-state index in [0.717, 1.165) is 0 Å². The summed E-state index contributed by atoms with van der Waals surface area (Å²) in [6.45, 7) is 2.60. The maximum Gasteiger partial charge on any atom is 0.407 e. The number of nitrogens with one attached hydrogen (secondary N) is 3. The molecule has 1 aliphatic rings. The normalized spacial score (nSPS) is 16.3. The first-order valence-electron chi connectivity index (χ1n) is 9.28. The van der Waals surface area contributed by atoms with Gasteiger partial charge in [0.05, 0.1) is 30.3 Å². The van der Waals surface area contributed by atoms with Crippen LogP contribution in [0.5, 0.6) is 0 Å². The Labute approximate surface area is 173 Å². The van der Waals surface area contributed by atoms with Gasteiger partial charge in [0.15, 0.2) is 5.89 Å². The third kappa shape index (κ3) is 5.81. The second-order valence-electron chi connectivity index (χ2n) is 6.87. The van der Waals surface area contributed by atoms with Crippen LogP contribution in [-0.2, 0) is 16.7 Å². The number of pyridine rings is 1. The number of aryl methyl sites for hydroxylation is 1. The van der Waals surface area contributed by atoms with Crippen molar-refractivity contribution in [1.29, 1.82) is 0 Å². The summed E-state index contributed by atoms with van der Waals surface area (Å²) < 4.78 is 39.0. The van der Waals surface area contributed by atoms with Crippen molar-refractivity contribution in [3.05, 3.63) is 36.3 Å². The molecule has 0 aromatic carbocycles. The van der Waals surface area contributed by atoms with Crippen molar-refractivity contribution in [2.24, 2.45) is 0 Å². The lowest BCUT2D eigenvalue weighted by atomic mass is 10.1. The lowest BCUT2D eigenvalue weighted by Crippen LogP contribution is -2.52. The lowest BCUT2D eigenvalue weighted by Gasteiger charge is -2.32. The van der Waals surface area contributed by atoms with Crippen molar-refractivity contribution >= 4 is 27.6 Å². The summed E-state index contributed by atoms with van der Waals surface area (Å²) in [6.07, 6.45) is 4.39. The molecule has 12 nitrogen and oxygen atoms in total. The van der Waals surface area contributed by atoms with E-state index in [9.17, 15) is 17.8 Å². The molecule has 2 aromatic rings. The summed E-state index contributed by atoms with van der Waals surface area (Å²) >= 11 is 0. The first kappa shape index (κ1) is 21.8. The predicted molar refractivity (Wildman–Crippen MR) is 108 cm³/mol. The number of rotatable bonds is 8. The summed E-state index contributed by atoms with van der Waals surface area (Å²) in [4.78, 5) is 20.3. The SMILES string of the molecule is Cc1ncc(CNc2ccncc2NC(NC2CCN(C(=O)O)CC2)S(=O)(=O)O)o1. The number of piperidine rings is 1. The van der Waals surface area contributed by atoms with Crippen LogP contribution in [-0.4, -0.2) is 63.7 Å². The smallest absolute Gasteiger partial charge is 0.407 e. The Morgan fingerprint density at radius 3 is 2.67 bits per heavy atom. The highest BCUT2D eigenvalue weighted by Crippen LogP contribution is 2.23. The van der Waals surface area contributed by atoms with Crippen LogP contribution in [0.4, 0.5) is 16.2 Å². The summed E-state index contributed by atoms with van der Waals surface area (Å²) in [7, 11) is -4.51. The summed E-state index contributed by atoms with van der Waals surface area (Å²) in [5.74, 6) is 1.13. The van der Waals surface area contributed by atoms with Crippen molar-refractivity contribution in [3.63, 3.8) is 0 Å². The second-order valence-corrected chi connectivity index (χ2v) is 8.37. The average Bonchev–Trinajstić information content (AvgIpc) is 3.11. The fraction of sp³-hybridized carbons (Fsp3) is 0.471. The number of aromatic nitrogens is 2. The molecule has 30 heavy (non-hydrogen) atoms. The lowest BCUT2D eigenvalue weighted by molar-refractivity contribution is 0.128. The van der Waals surface area contributed by atoms with E-state index in [4.69, 9.17) is 9.52 Å². The molecule has 1 fully saturated rings. The molecule has 0 saturated carbocycles. The Balaban J connectivity index is 1.67. The molecule has 1 amide bonds. The minimum atomic E-state index is -4.51. The molecule has 164 valence electrons. The molecule has 1 saturated heterocycles. The number of hydrogen-bond donors (Lipinski definition) is 5. The fourth-order valence-corrected chi connectivity index (χ4v) is 3.77. The van der Waals surface area contributed by atoms with Crippen molar-refractivity contribution in [1.82, 2.24) is 20.2 Å². The molecule has 0 bridgehead atoms. The molecular weight excluding hydrogens is 416 g/mol. The number of anilines is 2. The van der Waals surface area contributed by atoms with Crippen molar-refractivity contribution in [2.75, 3.05) is 23.7 Å². The van der Waals surface area contributed by atoms with Gasteiger partial charge < -0.3 is 25.1 Å². The second kappa shape index (κ2) is 9.28. The number of carbonyl (C=O) groups is 1. The van der Waals surface area contributed by atoms with E-state index in [0.29, 0.717) is 42.4 Å². The van der Waals surface area contributed by atoms with Crippen LogP contribution in [0.25, 0.3) is 0 Å². The zero-order chi connectivity index (χ0) is 21.7. The van der Waals surface area contributed by atoms with E-state index in [1.54, 1.807) is 19.2 Å². The van der Waals surface area contributed by atoms with E-state index in [1.807, 2.05) is 0 Å². The highest BCUT2D eigenvalue weighted by atomic mass is 32.2. The zero-order valence-electron chi connectivity index (χ0n) is 16.3. The van der Waals surface area contributed by atoms with Crippen molar-refractivity contribution in [3.8, 4) is 0 Å². The minimum absolute atomic E-state index is 0.279. The third-order valence-electron chi connectivity index (χ3n) is 4.68. The molecule has 2 aromatic heterocycles. The first-order chi connectivity index (χ1) is 14.2. The Hall–Kier alpha value is -2.90. The van der Waals surface area contributed by atoms with Crippen molar-refractivity contribution in [2.45, 2.75) is 37.8 Å². The Bertz CT molecular complexity index is 973. The van der Waals surface area contributed by atoms with Gasteiger partial charge in [0.25, 0.3) is 10.1 Å². The van der Waals surface area contributed by atoms with Crippen molar-refractivity contribution < 1.29 is 27.3 Å². The summed E-state index contributed by atoms with van der Waals surface area (Å²) in [6, 6.07) is 1.36. The van der Waals surface area contributed by atoms with Crippen LogP contribution < -0.4 is 16.0 Å². The number of carboxylic acid groups (broad SMARTS) is 1. The van der Waals surface area contributed by atoms with Gasteiger partial charge in [-0.15, -0.1) is 0 Å². The van der Waals surface area contributed by atoms with E-state index in [1.165, 1.54) is 17.3 Å². The zero-order valence-corrected chi connectivity index (χ0v) is 17.1. The van der Waals surface area contributed by atoms with Gasteiger partial charge in [0, 0.05) is 32.3 Å². The molecule has 1 unspecified atom stereocenters. The predicted octanol–water partition coefficient (Wildman–Crippen LogP) is 1.31. The maximum atomic E-state index is 11.9. The molecule has 1 atom stereocenters. The minimum Gasteiger partial charge on any atom is -0.465 e. The number of likely N-dealkylation sites (tertiary alicyclic amines) is 1. The number of nitrogens with zero attached hydrogens (tertiary/aromatic N) is 3. The number of oxazole rings is 1. The van der Waals surface area contributed by atoms with E-state index in [2.05, 4.69) is 25.9 Å². The Kier molecular flexibility index (Phi) is 6.74. The maximum absolute atomic E-state index is 11.9. The number of hydrogen-bond acceptors (Lipinski definition) is 9. The van der Waals surface area contributed by atoms with E-state index in [-0.39, 0.29) is 19.1 Å². The average molecular weight is 440 g/mol. The number of amides is 1. The van der Waals surface area contributed by atoms with E-state index >= 15 is 0 Å². The molecule has 13 heteroatoms. The van der Waals surface area contributed by atoms with Crippen LogP contribution in [0, 0.1) is 6.92 Å². The fourth-order valence-electron chi connectivity index (χ4n) is 3.13. The van der Waals surface area contributed by atoms with Gasteiger partial charge >= 0.3 is 6.09 Å². The largest absolute Gasteiger partial charge is 0.465 e. The van der Waals surface area contributed by atoms with Gasteiger partial charge in [0.2, 0.25) is 5.50 Å². The molecule has 3 rings (SSSR count). The molecule has 3 heterocycles. The van der Waals surface area contributed by atoms with Crippen LogP contribution >= 0.6 is 0 Å². The third-order valence-corrected chi connectivity index (χ3v) is 5.53. The molecular formula is C17H24N6O6S. The molecule has 0 radical (unpaired) electrons. The van der Waals surface area contributed by atoms with Crippen LogP contribution in [0.3, 0.4) is 0 Å². The van der Waals surface area contributed by atoms with Gasteiger partial charge in [-0.25, -0.2) is 9.78 Å². The molecule has 1 aliphatic heterocycles.